The second kappa shape index (κ2) is 14.7. The van der Waals surface area contributed by atoms with Crippen LogP contribution in [0.4, 0.5) is 10.5 Å². The molecule has 3 atom stereocenters. The summed E-state index contributed by atoms with van der Waals surface area (Å²) in [6, 6.07) is 11.5. The van der Waals surface area contributed by atoms with Gasteiger partial charge in [0.25, 0.3) is 5.91 Å². The fourth-order valence-electron chi connectivity index (χ4n) is 4.52. The Labute approximate surface area is 240 Å². The summed E-state index contributed by atoms with van der Waals surface area (Å²) in [4.78, 5) is 42.9. The molecule has 2 rings (SSSR count). The zero-order chi connectivity index (χ0) is 30.0. The molecule has 7 nitrogen and oxygen atoms in total. The Bertz CT molecular complexity index is 1160. The van der Waals surface area contributed by atoms with Gasteiger partial charge < -0.3 is 20.3 Å². The normalized spacial score (nSPS) is 13.5. The first-order chi connectivity index (χ1) is 18.8. The van der Waals surface area contributed by atoms with E-state index in [4.69, 9.17) is 4.74 Å². The summed E-state index contributed by atoms with van der Waals surface area (Å²) in [7, 11) is 0. The van der Waals surface area contributed by atoms with Crippen molar-refractivity contribution >= 4 is 29.7 Å². The summed E-state index contributed by atoms with van der Waals surface area (Å²) >= 11 is 0. The van der Waals surface area contributed by atoms with Gasteiger partial charge >= 0.3 is 6.09 Å². The number of ether oxygens (including phenoxy) is 1. The topological polar surface area (TPSA) is 87.7 Å². The molecule has 218 valence electrons. The number of amides is 3. The number of para-hydroxylation sites is 1. The Morgan fingerprint density at radius 2 is 1.68 bits per heavy atom. The van der Waals surface area contributed by atoms with Gasteiger partial charge in [0.15, 0.2) is 0 Å². The van der Waals surface area contributed by atoms with Gasteiger partial charge in [-0.05, 0) is 75.3 Å². The van der Waals surface area contributed by atoms with Crippen LogP contribution >= 0.6 is 0 Å². The number of unbranched alkanes of at least 4 members (excludes halogenated alkanes) is 1. The predicted molar refractivity (Wildman–Crippen MR) is 163 cm³/mol. The smallest absolute Gasteiger partial charge is 0.408 e. The molecule has 0 fully saturated rings. The van der Waals surface area contributed by atoms with E-state index >= 15 is 0 Å². The standard InChI is InChI=1S/C33H47N3O4/c1-10-13-20-36(31(38)28(22(4)11-2)35-32(39)40-33(7,8)9)29(26-19-15-18-25(12-3)21-26)30(37)34-27-23(5)16-14-17-24(27)6/h12,14-19,21-22,28-29H,3,10-11,13,20H2,1-2,4-9H3,(H,34,37)(H,35,39). The molecule has 0 aromatic heterocycles. The average Bonchev–Trinajstić information content (AvgIpc) is 2.89. The van der Waals surface area contributed by atoms with Gasteiger partial charge in [-0.2, -0.15) is 0 Å². The molecule has 0 spiro atoms. The summed E-state index contributed by atoms with van der Waals surface area (Å²) in [6.45, 7) is 19.4. The third-order valence-corrected chi connectivity index (χ3v) is 6.94. The van der Waals surface area contributed by atoms with E-state index in [1.807, 2.05) is 77.1 Å². The second-order valence-electron chi connectivity index (χ2n) is 11.4. The van der Waals surface area contributed by atoms with Crippen LogP contribution in [0.15, 0.2) is 49.0 Å². The number of carbonyl (C=O) groups excluding carboxylic acids is 3. The predicted octanol–water partition coefficient (Wildman–Crippen LogP) is 7.19. The molecule has 3 amide bonds. The Hall–Kier alpha value is -3.61. The molecule has 0 aliphatic heterocycles. The zero-order valence-electron chi connectivity index (χ0n) is 25.5. The molecule has 2 N–H and O–H groups in total. The first kappa shape index (κ1) is 32.6. The molecular formula is C33H47N3O4. The highest BCUT2D eigenvalue weighted by molar-refractivity contribution is 6.00. The largest absolute Gasteiger partial charge is 0.444 e. The van der Waals surface area contributed by atoms with E-state index in [1.165, 1.54) is 0 Å². The van der Waals surface area contributed by atoms with Crippen LogP contribution in [0.1, 0.15) is 89.1 Å². The molecule has 3 unspecified atom stereocenters. The summed E-state index contributed by atoms with van der Waals surface area (Å²) in [5.74, 6) is -0.825. The van der Waals surface area contributed by atoms with Crippen LogP contribution in [0.5, 0.6) is 0 Å². The quantitative estimate of drug-likeness (QED) is 0.293. The van der Waals surface area contributed by atoms with Crippen LogP contribution in [0.2, 0.25) is 0 Å². The minimum Gasteiger partial charge on any atom is -0.444 e. The maximum Gasteiger partial charge on any atom is 0.408 e. The van der Waals surface area contributed by atoms with Crippen molar-refractivity contribution in [2.75, 3.05) is 11.9 Å². The van der Waals surface area contributed by atoms with Gasteiger partial charge in [-0.1, -0.05) is 82.7 Å². The Morgan fingerprint density at radius 3 is 2.23 bits per heavy atom. The van der Waals surface area contributed by atoms with E-state index < -0.39 is 23.8 Å². The van der Waals surface area contributed by atoms with Crippen LogP contribution in [0, 0.1) is 19.8 Å². The van der Waals surface area contributed by atoms with Gasteiger partial charge in [-0.3, -0.25) is 9.59 Å². The van der Waals surface area contributed by atoms with Gasteiger partial charge in [0.05, 0.1) is 0 Å². The number of aryl methyl sites for hydroxylation is 2. The van der Waals surface area contributed by atoms with E-state index in [9.17, 15) is 14.4 Å². The lowest BCUT2D eigenvalue weighted by molar-refractivity contribution is -0.142. The first-order valence-corrected chi connectivity index (χ1v) is 14.2. The van der Waals surface area contributed by atoms with Crippen molar-refractivity contribution in [3.8, 4) is 0 Å². The van der Waals surface area contributed by atoms with Crippen molar-refractivity contribution in [3.63, 3.8) is 0 Å². The third kappa shape index (κ3) is 8.97. The van der Waals surface area contributed by atoms with E-state index in [1.54, 1.807) is 31.7 Å². The summed E-state index contributed by atoms with van der Waals surface area (Å²) in [5.41, 5.74) is 3.39. The van der Waals surface area contributed by atoms with Gasteiger partial charge in [-0.15, -0.1) is 0 Å². The summed E-state index contributed by atoms with van der Waals surface area (Å²) in [5, 5.41) is 5.93. The lowest BCUT2D eigenvalue weighted by Gasteiger charge is -2.36. The molecule has 0 heterocycles. The lowest BCUT2D eigenvalue weighted by atomic mass is 9.95. The zero-order valence-corrected chi connectivity index (χ0v) is 25.5. The van der Waals surface area contributed by atoms with Crippen LogP contribution in [-0.4, -0.2) is 41.0 Å². The SMILES string of the molecule is C=Cc1cccc(C(C(=O)Nc2c(C)cccc2C)N(CCCC)C(=O)C(NC(=O)OC(C)(C)C)C(C)CC)c1. The highest BCUT2D eigenvalue weighted by Gasteiger charge is 2.38. The molecule has 2 aromatic rings. The van der Waals surface area contributed by atoms with Crippen molar-refractivity contribution in [2.24, 2.45) is 5.92 Å². The minimum absolute atomic E-state index is 0.189. The van der Waals surface area contributed by atoms with E-state index in [-0.39, 0.29) is 17.7 Å². The number of anilines is 1. The van der Waals surface area contributed by atoms with E-state index in [0.29, 0.717) is 24.9 Å². The number of rotatable bonds is 12. The highest BCUT2D eigenvalue weighted by Crippen LogP contribution is 2.29. The van der Waals surface area contributed by atoms with E-state index in [2.05, 4.69) is 17.2 Å². The molecular weight excluding hydrogens is 502 g/mol. The van der Waals surface area contributed by atoms with Crippen molar-refractivity contribution in [3.05, 3.63) is 71.3 Å². The molecule has 0 aliphatic carbocycles. The van der Waals surface area contributed by atoms with Crippen LogP contribution < -0.4 is 10.6 Å². The molecule has 0 bridgehead atoms. The van der Waals surface area contributed by atoms with Crippen molar-refractivity contribution in [2.45, 2.75) is 92.3 Å². The highest BCUT2D eigenvalue weighted by atomic mass is 16.6. The Morgan fingerprint density at radius 1 is 1.05 bits per heavy atom. The van der Waals surface area contributed by atoms with E-state index in [0.717, 1.165) is 28.8 Å². The second-order valence-corrected chi connectivity index (χ2v) is 11.4. The number of nitrogens with one attached hydrogen (secondary N) is 2. The summed E-state index contributed by atoms with van der Waals surface area (Å²) < 4.78 is 5.49. The maximum atomic E-state index is 14.4. The average molecular weight is 550 g/mol. The first-order valence-electron chi connectivity index (χ1n) is 14.2. The molecule has 40 heavy (non-hydrogen) atoms. The number of alkyl carbamates (subject to hydrolysis) is 1. The fourth-order valence-corrected chi connectivity index (χ4v) is 4.52. The molecule has 2 aromatic carbocycles. The number of nitrogens with zero attached hydrogens (tertiary/aromatic N) is 1. The van der Waals surface area contributed by atoms with Crippen molar-refractivity contribution < 1.29 is 19.1 Å². The Balaban J connectivity index is 2.63. The fraction of sp³-hybridized carbons (Fsp3) is 0.485. The molecule has 0 saturated carbocycles. The van der Waals surface area contributed by atoms with Gasteiger partial charge in [0.1, 0.15) is 17.7 Å². The number of carbonyl (C=O) groups is 3. The van der Waals surface area contributed by atoms with Gasteiger partial charge in [-0.25, -0.2) is 4.79 Å². The maximum absolute atomic E-state index is 14.4. The number of hydrogen-bond acceptors (Lipinski definition) is 4. The van der Waals surface area contributed by atoms with Gasteiger partial charge in [0.2, 0.25) is 5.91 Å². The van der Waals surface area contributed by atoms with Crippen LogP contribution in [0.3, 0.4) is 0 Å². The van der Waals surface area contributed by atoms with Crippen LogP contribution in [-0.2, 0) is 14.3 Å². The molecule has 0 saturated heterocycles. The molecule has 0 radical (unpaired) electrons. The third-order valence-electron chi connectivity index (χ3n) is 6.94. The van der Waals surface area contributed by atoms with Crippen molar-refractivity contribution in [1.82, 2.24) is 10.2 Å². The van der Waals surface area contributed by atoms with Crippen LogP contribution in [0.25, 0.3) is 6.08 Å². The number of hydrogen-bond donors (Lipinski definition) is 2. The number of benzene rings is 2. The van der Waals surface area contributed by atoms with Crippen molar-refractivity contribution in [1.29, 1.82) is 0 Å². The summed E-state index contributed by atoms with van der Waals surface area (Å²) in [6.07, 6.45) is 3.23. The van der Waals surface area contributed by atoms with Gasteiger partial charge in [0, 0.05) is 12.2 Å². The molecule has 0 aliphatic rings. The minimum atomic E-state index is -0.926. The monoisotopic (exact) mass is 549 g/mol. The Kier molecular flexibility index (Phi) is 12.0. The molecule has 7 heteroatoms. The lowest BCUT2D eigenvalue weighted by Crippen LogP contribution is -2.55.